The molecular formula is C42H56N8O3. The molecule has 11 heteroatoms. The fraction of sp³-hybridized carbons (Fsp3) is 0.452. The van der Waals surface area contributed by atoms with Gasteiger partial charge in [-0.15, -0.1) is 5.10 Å². The molecule has 1 fully saturated rings. The van der Waals surface area contributed by atoms with E-state index in [1.54, 1.807) is 24.9 Å². The summed E-state index contributed by atoms with van der Waals surface area (Å²) in [5.41, 5.74) is 6.53. The quantitative estimate of drug-likeness (QED) is 0.110. The highest BCUT2D eigenvalue weighted by atomic mass is 16.5. The van der Waals surface area contributed by atoms with Crippen LogP contribution >= 0.6 is 0 Å². The van der Waals surface area contributed by atoms with Crippen LogP contribution in [0.4, 0.5) is 17.5 Å². The number of nitrogens with zero attached hydrogens (tertiary/aromatic N) is 7. The summed E-state index contributed by atoms with van der Waals surface area (Å²) < 4.78 is 12.6. The first-order valence-corrected chi connectivity index (χ1v) is 18.9. The number of methoxy groups -OCH3 is 2. The van der Waals surface area contributed by atoms with Crippen LogP contribution in [0, 0.1) is 12.8 Å². The Balaban J connectivity index is 1.36. The van der Waals surface area contributed by atoms with Crippen LogP contribution in [-0.2, 0) is 13.1 Å². The molecule has 2 aromatic heterocycles. The van der Waals surface area contributed by atoms with Gasteiger partial charge in [0, 0.05) is 44.5 Å². The molecule has 0 saturated carbocycles. The minimum absolute atomic E-state index is 0.155. The lowest BCUT2D eigenvalue weighted by Crippen LogP contribution is -2.37. The Kier molecular flexibility index (Phi) is 12.4. The van der Waals surface area contributed by atoms with E-state index in [1.807, 2.05) is 30.3 Å². The predicted octanol–water partition coefficient (Wildman–Crippen LogP) is 7.12. The first-order valence-electron chi connectivity index (χ1n) is 18.9. The fourth-order valence-corrected chi connectivity index (χ4v) is 7.42. The highest BCUT2D eigenvalue weighted by molar-refractivity contribution is 5.67. The summed E-state index contributed by atoms with van der Waals surface area (Å²) in [4.78, 5) is 17.0. The Labute approximate surface area is 314 Å². The highest BCUT2D eigenvalue weighted by Gasteiger charge is 2.25. The van der Waals surface area contributed by atoms with Crippen molar-refractivity contribution in [1.82, 2.24) is 24.5 Å². The molecular weight excluding hydrogens is 665 g/mol. The monoisotopic (exact) mass is 720 g/mol. The van der Waals surface area contributed by atoms with Crippen LogP contribution < -0.4 is 24.6 Å². The van der Waals surface area contributed by atoms with Crippen molar-refractivity contribution >= 4 is 23.1 Å². The molecule has 0 radical (unpaired) electrons. The second-order valence-corrected chi connectivity index (χ2v) is 14.7. The van der Waals surface area contributed by atoms with Crippen LogP contribution in [0.15, 0.2) is 72.9 Å². The average Bonchev–Trinajstić information content (AvgIpc) is 3.58. The van der Waals surface area contributed by atoms with Crippen molar-refractivity contribution in [3.63, 3.8) is 0 Å². The van der Waals surface area contributed by atoms with Gasteiger partial charge in [-0.25, -0.2) is 9.50 Å². The molecule has 1 saturated heterocycles. The Morgan fingerprint density at radius 1 is 0.925 bits per heavy atom. The summed E-state index contributed by atoms with van der Waals surface area (Å²) in [7, 11) is 7.66. The van der Waals surface area contributed by atoms with E-state index in [-0.39, 0.29) is 6.04 Å². The number of piperidine rings is 1. The van der Waals surface area contributed by atoms with E-state index in [4.69, 9.17) is 24.5 Å². The minimum Gasteiger partial charge on any atom is -0.497 e. The number of hydrogen-bond donors (Lipinski definition) is 2. The molecule has 1 aliphatic heterocycles. The minimum atomic E-state index is -0.941. The molecule has 0 bridgehead atoms. The molecule has 11 nitrogen and oxygen atoms in total. The van der Waals surface area contributed by atoms with Gasteiger partial charge < -0.3 is 34.6 Å². The van der Waals surface area contributed by atoms with Gasteiger partial charge in [-0.2, -0.15) is 4.98 Å². The van der Waals surface area contributed by atoms with Crippen LogP contribution in [0.1, 0.15) is 73.6 Å². The van der Waals surface area contributed by atoms with E-state index >= 15 is 0 Å². The molecule has 3 heterocycles. The maximum Gasteiger partial charge on any atom is 0.243 e. The van der Waals surface area contributed by atoms with Crippen LogP contribution in [0.5, 0.6) is 11.5 Å². The number of aryl methyl sites for hydroxylation is 1. The van der Waals surface area contributed by atoms with Crippen LogP contribution in [0.3, 0.4) is 0 Å². The Morgan fingerprint density at radius 3 is 2.09 bits per heavy atom. The molecule has 0 amide bonds. The summed E-state index contributed by atoms with van der Waals surface area (Å²) in [6.45, 7) is 10.8. The third kappa shape index (κ3) is 9.20. The van der Waals surface area contributed by atoms with Gasteiger partial charge in [-0.3, -0.25) is 0 Å². The smallest absolute Gasteiger partial charge is 0.243 e. The summed E-state index contributed by atoms with van der Waals surface area (Å²) in [6, 6.07) is 22.6. The van der Waals surface area contributed by atoms with Gasteiger partial charge in [0.1, 0.15) is 17.6 Å². The Hall–Kier alpha value is -4.87. The van der Waals surface area contributed by atoms with Crippen molar-refractivity contribution in [2.75, 3.05) is 63.1 Å². The molecule has 2 atom stereocenters. The lowest BCUT2D eigenvalue weighted by Gasteiger charge is -2.35. The van der Waals surface area contributed by atoms with Crippen molar-refractivity contribution in [2.45, 2.75) is 71.7 Å². The molecule has 5 aromatic rings. The number of imidazole rings is 1. The van der Waals surface area contributed by atoms with Gasteiger partial charge in [0.15, 0.2) is 11.5 Å². The average molecular weight is 721 g/mol. The zero-order chi connectivity index (χ0) is 37.5. The van der Waals surface area contributed by atoms with E-state index in [9.17, 15) is 5.11 Å². The number of hydrogen-bond acceptors (Lipinski definition) is 10. The molecule has 3 aromatic carbocycles. The lowest BCUT2D eigenvalue weighted by molar-refractivity contribution is 0.213. The lowest BCUT2D eigenvalue weighted by atomic mass is 9.95. The van der Waals surface area contributed by atoms with Crippen molar-refractivity contribution in [3.05, 3.63) is 101 Å². The summed E-state index contributed by atoms with van der Waals surface area (Å²) in [5.74, 6) is 3.49. The number of aliphatic hydroxyl groups is 1. The van der Waals surface area contributed by atoms with E-state index in [2.05, 4.69) is 91.3 Å². The highest BCUT2D eigenvalue weighted by Crippen LogP contribution is 2.33. The Morgan fingerprint density at radius 2 is 1.55 bits per heavy atom. The zero-order valence-corrected chi connectivity index (χ0v) is 32.4. The van der Waals surface area contributed by atoms with Crippen LogP contribution in [0.2, 0.25) is 0 Å². The van der Waals surface area contributed by atoms with Crippen molar-refractivity contribution in [3.8, 4) is 11.5 Å². The number of rotatable bonds is 16. The van der Waals surface area contributed by atoms with Crippen molar-refractivity contribution in [2.24, 2.45) is 5.92 Å². The van der Waals surface area contributed by atoms with E-state index in [0.717, 1.165) is 72.1 Å². The molecule has 2 N–H and O–H groups in total. The van der Waals surface area contributed by atoms with E-state index < -0.39 is 6.10 Å². The molecule has 1 aliphatic rings. The van der Waals surface area contributed by atoms with Gasteiger partial charge in [-0.1, -0.05) is 49.7 Å². The molecule has 53 heavy (non-hydrogen) atoms. The van der Waals surface area contributed by atoms with E-state index in [0.29, 0.717) is 36.2 Å². The van der Waals surface area contributed by atoms with Crippen LogP contribution in [-0.4, -0.2) is 83.6 Å². The second kappa shape index (κ2) is 17.3. The summed E-state index contributed by atoms with van der Waals surface area (Å²) in [5, 5.41) is 20.5. The fourth-order valence-electron chi connectivity index (χ4n) is 7.42. The number of aliphatic hydroxyl groups excluding tert-OH is 1. The summed E-state index contributed by atoms with van der Waals surface area (Å²) in [6.07, 6.45) is 5.16. The van der Waals surface area contributed by atoms with Gasteiger partial charge in [-0.05, 0) is 106 Å². The molecule has 6 rings (SSSR count). The SMILES string of the molecule is CCCC(C)Nc1nc(N(Cc2ccc(OC)cc2)Cc2ccc(OC)cc2)c2ncc(C(O)c3ccc(N4CCC(CN(C)C)CC4)c(C)c3)n2n1. The Bertz CT molecular complexity index is 1870. The molecule has 0 aliphatic carbocycles. The maximum atomic E-state index is 12.0. The van der Waals surface area contributed by atoms with E-state index in [1.165, 1.54) is 18.5 Å². The third-order valence-electron chi connectivity index (χ3n) is 10.2. The van der Waals surface area contributed by atoms with Gasteiger partial charge in [0.05, 0.1) is 26.1 Å². The van der Waals surface area contributed by atoms with Crippen molar-refractivity contribution < 1.29 is 14.6 Å². The molecule has 2 unspecified atom stereocenters. The number of nitrogens with one attached hydrogen (secondary N) is 1. The van der Waals surface area contributed by atoms with Gasteiger partial charge >= 0.3 is 0 Å². The number of fused-ring (bicyclic) bond motifs is 1. The van der Waals surface area contributed by atoms with Crippen LogP contribution in [0.25, 0.3) is 5.65 Å². The zero-order valence-electron chi connectivity index (χ0n) is 32.4. The first-order chi connectivity index (χ1) is 25.6. The van der Waals surface area contributed by atoms with Crippen molar-refractivity contribution in [1.29, 1.82) is 0 Å². The second-order valence-electron chi connectivity index (χ2n) is 14.7. The third-order valence-corrected chi connectivity index (χ3v) is 10.2. The normalized spacial score (nSPS) is 14.8. The summed E-state index contributed by atoms with van der Waals surface area (Å²) >= 11 is 0. The number of aromatic nitrogens is 4. The number of ether oxygens (including phenoxy) is 2. The first kappa shape index (κ1) is 37.9. The topological polar surface area (TPSA) is 104 Å². The van der Waals surface area contributed by atoms with Gasteiger partial charge in [0.2, 0.25) is 5.95 Å². The number of anilines is 3. The molecule has 282 valence electrons. The standard InChI is InChI=1S/C42H56N8O3/c1-8-9-30(3)44-42-45-41(49(27-31-10-15-35(52-6)16-11-31)28-32-12-17-36(53-7)18-13-32)40-43-25-38(50(40)46-42)39(51)34-14-19-37(29(2)24-34)48-22-20-33(21-23-48)26-47(4)5/h10-19,24-25,30,33,39,51H,8-9,20-23,26-28H2,1-7H3,(H,44,46). The predicted molar refractivity (Wildman–Crippen MR) is 213 cm³/mol. The van der Waals surface area contributed by atoms with Gasteiger partial charge in [0.25, 0.3) is 0 Å². The number of benzene rings is 3. The molecule has 0 spiro atoms. The largest absolute Gasteiger partial charge is 0.497 e. The maximum absolute atomic E-state index is 12.0.